The van der Waals surface area contributed by atoms with Crippen molar-refractivity contribution < 1.29 is 19.1 Å². The third kappa shape index (κ3) is 2.09. The molecule has 4 rings (SSSR count). The summed E-state index contributed by atoms with van der Waals surface area (Å²) >= 11 is 3.43. The van der Waals surface area contributed by atoms with Gasteiger partial charge in [0.05, 0.1) is 31.7 Å². The van der Waals surface area contributed by atoms with Crippen molar-refractivity contribution in [2.75, 3.05) is 13.7 Å². The summed E-state index contributed by atoms with van der Waals surface area (Å²) in [5.41, 5.74) is 0.362. The zero-order valence-corrected chi connectivity index (χ0v) is 15.0. The monoisotopic (exact) mass is 391 g/mol. The topological polar surface area (TPSA) is 55.8 Å². The maximum atomic E-state index is 13.1. The fraction of sp³-hybridized carbons (Fsp3) is 0.444. The first kappa shape index (κ1) is 15.8. The highest BCUT2D eigenvalue weighted by Gasteiger charge is 2.67. The van der Waals surface area contributed by atoms with Crippen molar-refractivity contribution in [2.45, 2.75) is 24.7 Å². The van der Waals surface area contributed by atoms with E-state index in [1.54, 1.807) is 0 Å². The molecule has 1 amide bonds. The summed E-state index contributed by atoms with van der Waals surface area (Å²) in [5, 5.41) is 0. The van der Waals surface area contributed by atoms with Gasteiger partial charge in [-0.05, 0) is 24.6 Å². The lowest BCUT2D eigenvalue weighted by Crippen LogP contribution is -2.39. The van der Waals surface area contributed by atoms with Gasteiger partial charge in [0.2, 0.25) is 5.91 Å². The molecule has 0 radical (unpaired) electrons. The van der Waals surface area contributed by atoms with Gasteiger partial charge in [0, 0.05) is 4.47 Å². The summed E-state index contributed by atoms with van der Waals surface area (Å²) in [7, 11) is 1.35. The van der Waals surface area contributed by atoms with E-state index in [4.69, 9.17) is 9.47 Å². The number of hydrogen-bond donors (Lipinski definition) is 0. The van der Waals surface area contributed by atoms with Crippen molar-refractivity contribution in [3.63, 3.8) is 0 Å². The predicted molar refractivity (Wildman–Crippen MR) is 90.0 cm³/mol. The molecule has 2 bridgehead atoms. The first-order valence-corrected chi connectivity index (χ1v) is 8.77. The minimum Gasteiger partial charge on any atom is -0.469 e. The average Bonchev–Trinajstić information content (AvgIpc) is 3.22. The lowest BCUT2D eigenvalue weighted by molar-refractivity contribution is -0.151. The summed E-state index contributed by atoms with van der Waals surface area (Å²) < 4.78 is 11.9. The smallest absolute Gasteiger partial charge is 0.312 e. The number of hydrogen-bond acceptors (Lipinski definition) is 4. The Hall–Kier alpha value is -1.66. The van der Waals surface area contributed by atoms with Crippen molar-refractivity contribution in [3.05, 3.63) is 46.5 Å². The zero-order valence-electron chi connectivity index (χ0n) is 13.4. The summed E-state index contributed by atoms with van der Waals surface area (Å²) in [5.74, 6) is -1.44. The van der Waals surface area contributed by atoms with Crippen LogP contribution < -0.4 is 0 Å². The van der Waals surface area contributed by atoms with Crippen LogP contribution >= 0.6 is 15.9 Å². The number of methoxy groups -OCH3 is 1. The molecule has 24 heavy (non-hydrogen) atoms. The lowest BCUT2D eigenvalue weighted by atomic mass is 9.77. The summed E-state index contributed by atoms with van der Waals surface area (Å²) in [6, 6.07) is 7.84. The Bertz CT molecular complexity index is 731. The summed E-state index contributed by atoms with van der Waals surface area (Å²) in [6.07, 6.45) is 3.49. The molecule has 0 unspecified atom stereocenters. The van der Waals surface area contributed by atoms with Gasteiger partial charge in [-0.1, -0.05) is 40.2 Å². The normalized spacial score (nSPS) is 34.5. The molecule has 1 aromatic rings. The molecule has 3 aliphatic rings. The molecule has 5 nitrogen and oxygen atoms in total. The highest BCUT2D eigenvalue weighted by Crippen LogP contribution is 2.53. The third-order valence-corrected chi connectivity index (χ3v) is 5.95. The molecule has 5 atom stereocenters. The summed E-state index contributed by atoms with van der Waals surface area (Å²) in [6.45, 7) is 2.47. The molecule has 2 fully saturated rings. The number of esters is 1. The van der Waals surface area contributed by atoms with Gasteiger partial charge in [0.15, 0.2) is 0 Å². The molecule has 126 valence electrons. The molecule has 3 aliphatic heterocycles. The second kappa shape index (κ2) is 5.43. The Morgan fingerprint density at radius 3 is 2.79 bits per heavy atom. The van der Waals surface area contributed by atoms with E-state index < -0.39 is 17.4 Å². The van der Waals surface area contributed by atoms with Crippen molar-refractivity contribution >= 4 is 27.8 Å². The molecule has 6 heteroatoms. The second-order valence-corrected chi connectivity index (χ2v) is 7.53. The minimum atomic E-state index is -0.690. The SMILES string of the molecule is COC(=O)[C@@H]1[C@@H]2C=C[C@]3(CN([C@H](C)c4ccc(Br)cc4)C(=O)[C@H]13)O2. The maximum Gasteiger partial charge on any atom is 0.312 e. The van der Waals surface area contributed by atoms with Crippen LogP contribution in [0.1, 0.15) is 18.5 Å². The fourth-order valence-corrected chi connectivity index (χ4v) is 4.45. The van der Waals surface area contributed by atoms with Gasteiger partial charge in [-0.15, -0.1) is 0 Å². The molecule has 0 N–H and O–H groups in total. The number of fused-ring (bicyclic) bond motifs is 1. The molecule has 1 spiro atoms. The average molecular weight is 392 g/mol. The molecular formula is C18H18BrNO4. The van der Waals surface area contributed by atoms with Crippen LogP contribution in [0.25, 0.3) is 0 Å². The van der Waals surface area contributed by atoms with Crippen LogP contribution in [0, 0.1) is 11.8 Å². The van der Waals surface area contributed by atoms with E-state index in [0.717, 1.165) is 10.0 Å². The number of benzene rings is 1. The molecule has 0 saturated carbocycles. The van der Waals surface area contributed by atoms with Crippen molar-refractivity contribution in [2.24, 2.45) is 11.8 Å². The second-order valence-electron chi connectivity index (χ2n) is 6.62. The Labute approximate surface area is 148 Å². The highest BCUT2D eigenvalue weighted by atomic mass is 79.9. The Kier molecular flexibility index (Phi) is 3.58. The van der Waals surface area contributed by atoms with Crippen LogP contribution in [0.4, 0.5) is 0 Å². The number of likely N-dealkylation sites (tertiary alicyclic amines) is 1. The molecule has 2 saturated heterocycles. The van der Waals surface area contributed by atoms with Gasteiger partial charge < -0.3 is 14.4 Å². The number of carbonyl (C=O) groups is 2. The van der Waals surface area contributed by atoms with Crippen molar-refractivity contribution in [1.82, 2.24) is 4.90 Å². The highest BCUT2D eigenvalue weighted by molar-refractivity contribution is 9.10. The van der Waals surface area contributed by atoms with E-state index in [0.29, 0.717) is 6.54 Å². The Balaban J connectivity index is 1.65. The van der Waals surface area contributed by atoms with Crippen LogP contribution in [0.15, 0.2) is 40.9 Å². The van der Waals surface area contributed by atoms with Crippen LogP contribution in [-0.2, 0) is 19.1 Å². The molecular weight excluding hydrogens is 374 g/mol. The lowest BCUT2D eigenvalue weighted by Gasteiger charge is -2.27. The van der Waals surface area contributed by atoms with Crippen LogP contribution in [0.3, 0.4) is 0 Å². The Morgan fingerprint density at radius 1 is 1.42 bits per heavy atom. The van der Waals surface area contributed by atoms with E-state index in [-0.39, 0.29) is 24.0 Å². The number of nitrogens with zero attached hydrogens (tertiary/aromatic N) is 1. The predicted octanol–water partition coefficient (Wildman–Crippen LogP) is 2.47. The zero-order chi connectivity index (χ0) is 17.1. The largest absolute Gasteiger partial charge is 0.469 e. The fourth-order valence-electron chi connectivity index (χ4n) is 4.18. The Morgan fingerprint density at radius 2 is 2.12 bits per heavy atom. The van der Waals surface area contributed by atoms with E-state index >= 15 is 0 Å². The molecule has 1 aromatic carbocycles. The van der Waals surface area contributed by atoms with E-state index in [1.807, 2.05) is 48.2 Å². The van der Waals surface area contributed by atoms with Crippen LogP contribution in [-0.4, -0.2) is 42.1 Å². The quantitative estimate of drug-likeness (QED) is 0.586. The minimum absolute atomic E-state index is 0.0346. The van der Waals surface area contributed by atoms with E-state index in [1.165, 1.54) is 7.11 Å². The van der Waals surface area contributed by atoms with Gasteiger partial charge in [-0.2, -0.15) is 0 Å². The van der Waals surface area contributed by atoms with Crippen molar-refractivity contribution in [1.29, 1.82) is 0 Å². The van der Waals surface area contributed by atoms with E-state index in [2.05, 4.69) is 15.9 Å². The maximum absolute atomic E-state index is 13.1. The van der Waals surface area contributed by atoms with Crippen LogP contribution in [0.2, 0.25) is 0 Å². The third-order valence-electron chi connectivity index (χ3n) is 5.42. The van der Waals surface area contributed by atoms with Gasteiger partial charge in [-0.3, -0.25) is 9.59 Å². The van der Waals surface area contributed by atoms with Gasteiger partial charge in [-0.25, -0.2) is 0 Å². The standard InChI is InChI=1S/C18H18BrNO4/c1-10(11-3-5-12(19)6-4-11)20-9-18-8-7-13(24-18)14(17(22)23-2)15(18)16(20)21/h3-8,10,13-15H,9H2,1-2H3/t10-,13+,14-,15+,18-/m1/s1. The molecule has 3 heterocycles. The molecule has 0 aromatic heterocycles. The number of amides is 1. The number of rotatable bonds is 3. The summed E-state index contributed by atoms with van der Waals surface area (Å²) in [4.78, 5) is 27.1. The number of ether oxygens (including phenoxy) is 2. The first-order valence-electron chi connectivity index (χ1n) is 7.98. The van der Waals surface area contributed by atoms with Gasteiger partial charge >= 0.3 is 5.97 Å². The van der Waals surface area contributed by atoms with Gasteiger partial charge in [0.25, 0.3) is 0 Å². The van der Waals surface area contributed by atoms with Gasteiger partial charge in [0.1, 0.15) is 11.5 Å². The first-order chi connectivity index (χ1) is 11.5. The van der Waals surface area contributed by atoms with Crippen LogP contribution in [0.5, 0.6) is 0 Å². The van der Waals surface area contributed by atoms with Crippen molar-refractivity contribution in [3.8, 4) is 0 Å². The van der Waals surface area contributed by atoms with E-state index in [9.17, 15) is 9.59 Å². The number of halogens is 1. The number of carbonyl (C=O) groups excluding carboxylic acids is 2. The molecule has 0 aliphatic carbocycles.